The number of para-hydroxylation sites is 1. The van der Waals surface area contributed by atoms with Crippen LogP contribution in [0.1, 0.15) is 68.3 Å². The van der Waals surface area contributed by atoms with Crippen LogP contribution in [0.2, 0.25) is 0 Å². The van der Waals surface area contributed by atoms with E-state index in [1.54, 1.807) is 0 Å². The van der Waals surface area contributed by atoms with E-state index in [2.05, 4.69) is 32.8 Å². The zero-order chi connectivity index (χ0) is 23.2. The summed E-state index contributed by atoms with van der Waals surface area (Å²) < 4.78 is 18.0. The number of fused-ring (bicyclic) bond motifs is 1. The Balaban J connectivity index is 1.15. The lowest BCUT2D eigenvalue weighted by atomic mass is 9.86. The zero-order valence-corrected chi connectivity index (χ0v) is 19.5. The number of aromatic nitrogens is 4. The van der Waals surface area contributed by atoms with Gasteiger partial charge in [-0.2, -0.15) is 5.21 Å². The number of hydrogen-bond acceptors (Lipinski definition) is 7. The number of rotatable bonds is 9. The molecule has 3 aromatic rings. The van der Waals surface area contributed by atoms with Gasteiger partial charge in [-0.1, -0.05) is 62.8 Å². The van der Waals surface area contributed by atoms with Crippen LogP contribution in [-0.2, 0) is 12.1 Å². The Hall–Kier alpha value is -3.13. The van der Waals surface area contributed by atoms with Gasteiger partial charge in [0.15, 0.2) is 11.5 Å². The molecule has 8 heteroatoms. The van der Waals surface area contributed by atoms with Crippen molar-refractivity contribution in [3.05, 3.63) is 59.4 Å². The van der Waals surface area contributed by atoms with Crippen LogP contribution in [0.3, 0.4) is 0 Å². The van der Waals surface area contributed by atoms with E-state index in [0.717, 1.165) is 35.8 Å². The molecule has 2 aromatic carbocycles. The molecular weight excluding hydrogens is 430 g/mol. The van der Waals surface area contributed by atoms with Crippen LogP contribution in [0.5, 0.6) is 17.2 Å². The molecule has 1 aliphatic heterocycles. The number of aromatic amines is 1. The molecule has 0 bridgehead atoms. The Kier molecular flexibility index (Phi) is 6.94. The minimum absolute atomic E-state index is 0.107. The van der Waals surface area contributed by atoms with Gasteiger partial charge in [-0.05, 0) is 47.7 Å². The first kappa shape index (κ1) is 22.7. The van der Waals surface area contributed by atoms with Crippen molar-refractivity contribution in [1.82, 2.24) is 20.6 Å². The lowest BCUT2D eigenvalue weighted by molar-refractivity contribution is -0.0156. The second kappa shape index (κ2) is 10.4. The summed E-state index contributed by atoms with van der Waals surface area (Å²) >= 11 is 0. The summed E-state index contributed by atoms with van der Waals surface area (Å²) in [6.07, 6.45) is 11.5. The number of nitrogens with one attached hydrogen (secondary N) is 1. The van der Waals surface area contributed by atoms with Crippen molar-refractivity contribution in [3.63, 3.8) is 0 Å². The number of nitrogens with two attached hydrogens (primary N) is 1. The van der Waals surface area contributed by atoms with Crippen LogP contribution in [0, 0.1) is 5.92 Å². The summed E-state index contributed by atoms with van der Waals surface area (Å²) in [7, 11) is 0. The summed E-state index contributed by atoms with van der Waals surface area (Å²) in [5.41, 5.74) is 7.22. The fourth-order valence-electron chi connectivity index (χ4n) is 4.90. The average molecular weight is 464 g/mol. The summed E-state index contributed by atoms with van der Waals surface area (Å²) in [4.78, 5) is 0. The van der Waals surface area contributed by atoms with Crippen LogP contribution in [0.15, 0.2) is 42.5 Å². The van der Waals surface area contributed by atoms with Gasteiger partial charge in [0.1, 0.15) is 12.4 Å². The van der Waals surface area contributed by atoms with Crippen molar-refractivity contribution in [2.75, 3.05) is 13.2 Å². The lowest BCUT2D eigenvalue weighted by Gasteiger charge is -2.33. The first-order chi connectivity index (χ1) is 16.7. The van der Waals surface area contributed by atoms with Gasteiger partial charge in [-0.25, -0.2) is 0 Å². The van der Waals surface area contributed by atoms with E-state index in [1.807, 2.05) is 30.3 Å². The van der Waals surface area contributed by atoms with E-state index in [1.165, 1.54) is 44.9 Å². The number of hydrogen-bond donors (Lipinski definition) is 2. The van der Waals surface area contributed by atoms with Crippen LogP contribution in [0.4, 0.5) is 0 Å². The third kappa shape index (κ3) is 5.33. The number of nitrogens with zero attached hydrogens (tertiary/aromatic N) is 3. The smallest absolute Gasteiger partial charge is 0.257 e. The van der Waals surface area contributed by atoms with Crippen LogP contribution < -0.4 is 19.9 Å². The van der Waals surface area contributed by atoms with E-state index in [4.69, 9.17) is 19.9 Å². The van der Waals surface area contributed by atoms with Crippen molar-refractivity contribution in [2.24, 2.45) is 11.7 Å². The molecule has 0 radical (unpaired) electrons. The quantitative estimate of drug-likeness (QED) is 0.450. The maximum absolute atomic E-state index is 6.38. The number of tetrazole rings is 1. The van der Waals surface area contributed by atoms with E-state index in [9.17, 15) is 0 Å². The monoisotopic (exact) mass is 463 g/mol. The van der Waals surface area contributed by atoms with Gasteiger partial charge in [-0.15, -0.1) is 10.2 Å². The molecule has 34 heavy (non-hydrogen) atoms. The summed E-state index contributed by atoms with van der Waals surface area (Å²) in [5.74, 6) is 3.39. The maximum atomic E-state index is 6.38. The van der Waals surface area contributed by atoms with Gasteiger partial charge in [0.25, 0.3) is 5.72 Å². The van der Waals surface area contributed by atoms with Crippen LogP contribution in [-0.4, -0.2) is 33.8 Å². The minimum atomic E-state index is -1.29. The fourth-order valence-corrected chi connectivity index (χ4v) is 4.90. The predicted molar refractivity (Wildman–Crippen MR) is 128 cm³/mol. The maximum Gasteiger partial charge on any atom is 0.257 e. The molecule has 1 fully saturated rings. The highest BCUT2D eigenvalue weighted by molar-refractivity contribution is 5.50. The molecule has 1 saturated carbocycles. The normalized spacial score (nSPS) is 20.3. The molecule has 0 spiro atoms. The van der Waals surface area contributed by atoms with Gasteiger partial charge in [0.05, 0.1) is 6.61 Å². The van der Waals surface area contributed by atoms with Crippen molar-refractivity contribution in [3.8, 4) is 17.2 Å². The van der Waals surface area contributed by atoms with E-state index in [-0.39, 0.29) is 12.4 Å². The molecule has 0 amide bonds. The molecule has 0 saturated heterocycles. The summed E-state index contributed by atoms with van der Waals surface area (Å²) in [5, 5.41) is 14.0. The van der Waals surface area contributed by atoms with Gasteiger partial charge >= 0.3 is 0 Å². The largest absolute Gasteiger partial charge is 0.494 e. The molecule has 1 aromatic heterocycles. The molecule has 8 nitrogen and oxygen atoms in total. The van der Waals surface area contributed by atoms with Gasteiger partial charge < -0.3 is 14.2 Å². The SMILES string of the molecule is NC1(c2nn[nH]n2)COc2cccc(Cc3ccc(OCCCCC4CCCCC4)cc3)c2O1. The van der Waals surface area contributed by atoms with Crippen LogP contribution >= 0.6 is 0 Å². The molecule has 180 valence electrons. The second-order valence-corrected chi connectivity index (χ2v) is 9.43. The first-order valence-corrected chi connectivity index (χ1v) is 12.4. The zero-order valence-electron chi connectivity index (χ0n) is 19.5. The Morgan fingerprint density at radius 3 is 2.71 bits per heavy atom. The second-order valence-electron chi connectivity index (χ2n) is 9.43. The Morgan fingerprint density at radius 2 is 1.91 bits per heavy atom. The molecule has 2 heterocycles. The standard InChI is InChI=1S/C26H33N5O3/c27-26(25-28-30-31-29-25)18-33-23-11-6-10-21(24(23)34-26)17-20-12-14-22(15-13-20)32-16-5-4-9-19-7-2-1-3-8-19/h6,10-15,19H,1-5,7-9,16-18,27H2,(H,28,29,30,31). The predicted octanol–water partition coefficient (Wildman–Crippen LogP) is 4.50. The van der Waals surface area contributed by atoms with Crippen molar-refractivity contribution >= 4 is 0 Å². The molecule has 1 unspecified atom stereocenters. The van der Waals surface area contributed by atoms with Crippen molar-refractivity contribution in [1.29, 1.82) is 0 Å². The average Bonchev–Trinajstić information content (AvgIpc) is 3.42. The third-order valence-corrected chi connectivity index (χ3v) is 6.83. The van der Waals surface area contributed by atoms with Gasteiger partial charge in [0, 0.05) is 12.0 Å². The molecule has 2 aliphatic rings. The van der Waals surface area contributed by atoms with Crippen molar-refractivity contribution in [2.45, 2.75) is 63.5 Å². The van der Waals surface area contributed by atoms with E-state index >= 15 is 0 Å². The molecule has 5 rings (SSSR count). The molecule has 1 atom stereocenters. The highest BCUT2D eigenvalue weighted by Gasteiger charge is 2.40. The Bertz CT molecular complexity index is 1050. The number of unbranched alkanes of at least 4 members (excludes halogenated alkanes) is 1. The third-order valence-electron chi connectivity index (χ3n) is 6.83. The fraction of sp³-hybridized carbons (Fsp3) is 0.500. The molecule has 3 N–H and O–H groups in total. The lowest BCUT2D eigenvalue weighted by Crippen LogP contribution is -2.51. The van der Waals surface area contributed by atoms with E-state index < -0.39 is 5.72 Å². The Morgan fingerprint density at radius 1 is 1.06 bits per heavy atom. The van der Waals surface area contributed by atoms with Gasteiger partial charge in [0.2, 0.25) is 5.82 Å². The number of H-pyrrole nitrogens is 1. The number of ether oxygens (including phenoxy) is 3. The van der Waals surface area contributed by atoms with Crippen molar-refractivity contribution < 1.29 is 14.2 Å². The topological polar surface area (TPSA) is 108 Å². The summed E-state index contributed by atoms with van der Waals surface area (Å²) in [6, 6.07) is 14.1. The van der Waals surface area contributed by atoms with Crippen LogP contribution in [0.25, 0.3) is 0 Å². The molecular formula is C26H33N5O3. The first-order valence-electron chi connectivity index (χ1n) is 12.4. The molecule has 1 aliphatic carbocycles. The van der Waals surface area contributed by atoms with Gasteiger partial charge in [-0.3, -0.25) is 5.73 Å². The Labute approximate surface area is 200 Å². The number of benzene rings is 2. The highest BCUT2D eigenvalue weighted by atomic mass is 16.6. The minimum Gasteiger partial charge on any atom is -0.494 e. The highest BCUT2D eigenvalue weighted by Crippen LogP contribution is 2.40. The summed E-state index contributed by atoms with van der Waals surface area (Å²) in [6.45, 7) is 0.883. The van der Waals surface area contributed by atoms with E-state index in [0.29, 0.717) is 17.9 Å².